The molecule has 0 atom stereocenters. The summed E-state index contributed by atoms with van der Waals surface area (Å²) in [6.45, 7) is 2.47. The lowest BCUT2D eigenvalue weighted by Gasteiger charge is -2.24. The molecule has 1 aliphatic heterocycles. The second-order valence-electron chi connectivity index (χ2n) is 6.65. The first-order valence-electron chi connectivity index (χ1n) is 8.17. The molecule has 0 unspecified atom stereocenters. The molecule has 5 heteroatoms. The molecule has 24 heavy (non-hydrogen) atoms. The molecule has 2 aliphatic rings. The first-order chi connectivity index (χ1) is 11.5. The number of para-hydroxylation sites is 1. The molecule has 4 nitrogen and oxygen atoms in total. The van der Waals surface area contributed by atoms with Crippen LogP contribution in [0.3, 0.4) is 0 Å². The second-order valence-corrected chi connectivity index (χ2v) is 8.91. The summed E-state index contributed by atoms with van der Waals surface area (Å²) in [6.07, 6.45) is 1.59. The fraction of sp³-hybridized carbons (Fsp3) is 0.316. The van der Waals surface area contributed by atoms with Gasteiger partial charge in [-0.25, -0.2) is 8.42 Å². The fourth-order valence-electron chi connectivity index (χ4n) is 3.45. The standard InChI is InChI=1S/C19H19NO3S/c1-14-6-8-16(9-7-14)24(22,23)19(11-12-19)18(21)20-13-10-15-4-2-3-5-17(15)20/h2-9H,10-13H2,1H3. The van der Waals surface area contributed by atoms with Gasteiger partial charge in [0.1, 0.15) is 0 Å². The van der Waals surface area contributed by atoms with Crippen LogP contribution in [0.1, 0.15) is 24.0 Å². The van der Waals surface area contributed by atoms with Crippen molar-refractivity contribution in [1.82, 2.24) is 0 Å². The Morgan fingerprint density at radius 3 is 2.38 bits per heavy atom. The van der Waals surface area contributed by atoms with Crippen LogP contribution in [0.5, 0.6) is 0 Å². The van der Waals surface area contributed by atoms with Gasteiger partial charge >= 0.3 is 0 Å². The van der Waals surface area contributed by atoms with Crippen LogP contribution in [-0.2, 0) is 21.1 Å². The number of fused-ring (bicyclic) bond motifs is 1. The van der Waals surface area contributed by atoms with Crippen molar-refractivity contribution in [2.75, 3.05) is 11.4 Å². The van der Waals surface area contributed by atoms with Gasteiger partial charge in [0.2, 0.25) is 5.91 Å². The van der Waals surface area contributed by atoms with Gasteiger partial charge < -0.3 is 4.90 Å². The SMILES string of the molecule is Cc1ccc(S(=O)(=O)C2(C(=O)N3CCc4ccccc43)CC2)cc1. The molecule has 0 saturated heterocycles. The summed E-state index contributed by atoms with van der Waals surface area (Å²) in [4.78, 5) is 15.0. The molecule has 1 aliphatic carbocycles. The molecule has 0 radical (unpaired) electrons. The normalized spacial score (nSPS) is 18.3. The third-order valence-electron chi connectivity index (χ3n) is 5.07. The van der Waals surface area contributed by atoms with Crippen LogP contribution in [0.15, 0.2) is 53.4 Å². The Morgan fingerprint density at radius 2 is 1.71 bits per heavy atom. The molecule has 0 bridgehead atoms. The Bertz CT molecular complexity index is 912. The molecule has 1 amide bonds. The number of rotatable bonds is 3. The first-order valence-corrected chi connectivity index (χ1v) is 9.65. The molecule has 0 N–H and O–H groups in total. The van der Waals surface area contributed by atoms with E-state index in [1.807, 2.05) is 31.2 Å². The molecule has 2 aromatic rings. The van der Waals surface area contributed by atoms with Crippen molar-refractivity contribution in [3.63, 3.8) is 0 Å². The van der Waals surface area contributed by atoms with E-state index in [1.165, 1.54) is 0 Å². The van der Waals surface area contributed by atoms with E-state index >= 15 is 0 Å². The zero-order valence-electron chi connectivity index (χ0n) is 13.5. The molecule has 0 spiro atoms. The number of anilines is 1. The Morgan fingerprint density at radius 1 is 1.04 bits per heavy atom. The van der Waals surface area contributed by atoms with Crippen LogP contribution in [0, 0.1) is 6.92 Å². The van der Waals surface area contributed by atoms with Crippen LogP contribution < -0.4 is 4.90 Å². The lowest BCUT2D eigenvalue weighted by Crippen LogP contribution is -2.44. The number of sulfone groups is 1. The van der Waals surface area contributed by atoms with Gasteiger partial charge in [0.25, 0.3) is 0 Å². The fourth-order valence-corrected chi connectivity index (χ4v) is 5.37. The number of hydrogen-bond donors (Lipinski definition) is 0. The maximum Gasteiger partial charge on any atom is 0.248 e. The van der Waals surface area contributed by atoms with E-state index in [-0.39, 0.29) is 10.8 Å². The monoisotopic (exact) mass is 341 g/mol. The number of aryl methyl sites for hydroxylation is 1. The summed E-state index contributed by atoms with van der Waals surface area (Å²) >= 11 is 0. The third kappa shape index (κ3) is 2.11. The van der Waals surface area contributed by atoms with Crippen molar-refractivity contribution in [2.45, 2.75) is 35.8 Å². The van der Waals surface area contributed by atoms with Gasteiger partial charge in [0, 0.05) is 12.2 Å². The predicted octanol–water partition coefficient (Wildman–Crippen LogP) is 2.89. The minimum atomic E-state index is -3.67. The number of carbonyl (C=O) groups excluding carboxylic acids is 1. The van der Waals surface area contributed by atoms with Gasteiger partial charge in [-0.05, 0) is 49.9 Å². The van der Waals surface area contributed by atoms with E-state index in [4.69, 9.17) is 0 Å². The van der Waals surface area contributed by atoms with E-state index in [0.717, 1.165) is 23.2 Å². The van der Waals surface area contributed by atoms with Gasteiger partial charge in [-0.15, -0.1) is 0 Å². The second kappa shape index (κ2) is 5.18. The summed E-state index contributed by atoms with van der Waals surface area (Å²) in [7, 11) is -3.67. The smallest absolute Gasteiger partial charge is 0.248 e. The molecule has 1 saturated carbocycles. The van der Waals surface area contributed by atoms with Crippen molar-refractivity contribution < 1.29 is 13.2 Å². The topological polar surface area (TPSA) is 54.5 Å². The maximum atomic E-state index is 13.1. The van der Waals surface area contributed by atoms with E-state index in [2.05, 4.69) is 0 Å². The predicted molar refractivity (Wildman–Crippen MR) is 92.8 cm³/mol. The van der Waals surface area contributed by atoms with Crippen LogP contribution in [0.25, 0.3) is 0 Å². The molecule has 1 heterocycles. The quantitative estimate of drug-likeness (QED) is 0.862. The molecule has 0 aromatic heterocycles. The number of benzene rings is 2. The van der Waals surface area contributed by atoms with E-state index < -0.39 is 14.6 Å². The van der Waals surface area contributed by atoms with E-state index in [1.54, 1.807) is 29.2 Å². The van der Waals surface area contributed by atoms with Crippen molar-refractivity contribution in [2.24, 2.45) is 0 Å². The number of amides is 1. The largest absolute Gasteiger partial charge is 0.310 e. The van der Waals surface area contributed by atoms with Gasteiger partial charge in [-0.1, -0.05) is 35.9 Å². The molecule has 1 fully saturated rings. The maximum absolute atomic E-state index is 13.1. The van der Waals surface area contributed by atoms with Crippen LogP contribution >= 0.6 is 0 Å². The molecular weight excluding hydrogens is 322 g/mol. The summed E-state index contributed by atoms with van der Waals surface area (Å²) in [5.74, 6) is -0.270. The number of nitrogens with zero attached hydrogens (tertiary/aromatic N) is 1. The highest BCUT2D eigenvalue weighted by Crippen LogP contribution is 2.49. The summed E-state index contributed by atoms with van der Waals surface area (Å²) in [6, 6.07) is 14.5. The highest BCUT2D eigenvalue weighted by atomic mass is 32.2. The van der Waals surface area contributed by atoms with Crippen molar-refractivity contribution in [3.05, 3.63) is 59.7 Å². The third-order valence-corrected chi connectivity index (χ3v) is 7.58. The van der Waals surface area contributed by atoms with Crippen LogP contribution in [0.4, 0.5) is 5.69 Å². The minimum Gasteiger partial charge on any atom is -0.310 e. The minimum absolute atomic E-state index is 0.242. The van der Waals surface area contributed by atoms with E-state index in [0.29, 0.717) is 19.4 Å². The Balaban J connectivity index is 1.71. The van der Waals surface area contributed by atoms with Crippen molar-refractivity contribution in [1.29, 1.82) is 0 Å². The van der Waals surface area contributed by atoms with Gasteiger partial charge in [0.05, 0.1) is 4.90 Å². The Hall–Kier alpha value is -2.14. The van der Waals surface area contributed by atoms with Crippen LogP contribution in [0.2, 0.25) is 0 Å². The Kier molecular flexibility index (Phi) is 3.32. The number of hydrogen-bond acceptors (Lipinski definition) is 3. The first kappa shape index (κ1) is 15.4. The van der Waals surface area contributed by atoms with Gasteiger partial charge in [-0.3, -0.25) is 4.79 Å². The summed E-state index contributed by atoms with van der Waals surface area (Å²) < 4.78 is 24.9. The average Bonchev–Trinajstić information content (AvgIpc) is 3.29. The van der Waals surface area contributed by atoms with Crippen molar-refractivity contribution in [3.8, 4) is 0 Å². The van der Waals surface area contributed by atoms with Crippen molar-refractivity contribution >= 4 is 21.4 Å². The lowest BCUT2D eigenvalue weighted by atomic mass is 10.2. The lowest BCUT2D eigenvalue weighted by molar-refractivity contribution is -0.118. The van der Waals surface area contributed by atoms with E-state index in [9.17, 15) is 13.2 Å². The summed E-state index contributed by atoms with van der Waals surface area (Å²) in [5.41, 5.74) is 2.96. The average molecular weight is 341 g/mol. The zero-order chi connectivity index (χ0) is 16.9. The molecule has 124 valence electrons. The summed E-state index contributed by atoms with van der Waals surface area (Å²) in [5, 5.41) is 0. The zero-order valence-corrected chi connectivity index (χ0v) is 14.3. The Labute approximate surface area is 142 Å². The molecular formula is C19H19NO3S. The number of carbonyl (C=O) groups is 1. The molecule has 4 rings (SSSR count). The van der Waals surface area contributed by atoms with Gasteiger partial charge in [-0.2, -0.15) is 0 Å². The van der Waals surface area contributed by atoms with Crippen LogP contribution in [-0.4, -0.2) is 25.6 Å². The highest BCUT2D eigenvalue weighted by Gasteiger charge is 2.62. The highest BCUT2D eigenvalue weighted by molar-refractivity contribution is 7.94. The molecule has 2 aromatic carbocycles. The van der Waals surface area contributed by atoms with Gasteiger partial charge in [0.15, 0.2) is 14.6 Å².